The highest BCUT2D eigenvalue weighted by Gasteiger charge is 2.07. The fraction of sp³-hybridized carbons (Fsp3) is 0.273. The smallest absolute Gasteiger partial charge is 0.123 e. The van der Waals surface area contributed by atoms with Crippen molar-refractivity contribution in [2.45, 2.75) is 20.4 Å². The van der Waals surface area contributed by atoms with Crippen molar-refractivity contribution in [1.29, 1.82) is 0 Å². The minimum absolute atomic E-state index is 0.480. The van der Waals surface area contributed by atoms with Gasteiger partial charge >= 0.3 is 0 Å². The van der Waals surface area contributed by atoms with E-state index in [1.165, 1.54) is 0 Å². The molecule has 2 N–H and O–H groups in total. The molecule has 2 aromatic heterocycles. The van der Waals surface area contributed by atoms with Crippen LogP contribution >= 0.6 is 11.6 Å². The SMILES string of the molecule is Cc1ncn(Cc2nc(N)ccc2Cl)c1C. The van der Waals surface area contributed by atoms with Gasteiger partial charge in [0.2, 0.25) is 0 Å². The Labute approximate surface area is 99.1 Å². The molecule has 2 rings (SSSR count). The molecule has 0 unspecified atom stereocenters. The Morgan fingerprint density at radius 1 is 1.38 bits per heavy atom. The molecule has 4 nitrogen and oxygen atoms in total. The largest absolute Gasteiger partial charge is 0.384 e. The van der Waals surface area contributed by atoms with Crippen molar-refractivity contribution in [2.75, 3.05) is 5.73 Å². The Hall–Kier alpha value is -1.55. The van der Waals surface area contributed by atoms with Crippen LogP contribution in [0, 0.1) is 13.8 Å². The summed E-state index contributed by atoms with van der Waals surface area (Å²) >= 11 is 6.05. The summed E-state index contributed by atoms with van der Waals surface area (Å²) in [4.78, 5) is 8.44. The molecule has 2 aromatic rings. The number of rotatable bonds is 2. The average Bonchev–Trinajstić information content (AvgIpc) is 2.55. The van der Waals surface area contributed by atoms with Gasteiger partial charge in [0.05, 0.1) is 29.3 Å². The lowest BCUT2D eigenvalue weighted by molar-refractivity contribution is 0.749. The van der Waals surface area contributed by atoms with Crippen molar-refractivity contribution >= 4 is 17.4 Å². The summed E-state index contributed by atoms with van der Waals surface area (Å²) in [6, 6.07) is 3.45. The highest BCUT2D eigenvalue weighted by molar-refractivity contribution is 6.31. The fourth-order valence-electron chi connectivity index (χ4n) is 1.48. The zero-order chi connectivity index (χ0) is 11.7. The number of nitrogens with two attached hydrogens (primary N) is 1. The molecule has 0 saturated carbocycles. The summed E-state index contributed by atoms with van der Waals surface area (Å²) in [6.07, 6.45) is 1.78. The zero-order valence-corrected chi connectivity index (χ0v) is 9.99. The Morgan fingerprint density at radius 2 is 2.12 bits per heavy atom. The Bertz CT molecular complexity index is 519. The van der Waals surface area contributed by atoms with Crippen LogP contribution in [-0.2, 0) is 6.54 Å². The molecule has 0 spiro atoms. The van der Waals surface area contributed by atoms with Gasteiger partial charge in [-0.05, 0) is 26.0 Å². The van der Waals surface area contributed by atoms with Crippen molar-refractivity contribution in [2.24, 2.45) is 0 Å². The predicted octanol–water partition coefficient (Wildman–Crippen LogP) is 2.18. The minimum Gasteiger partial charge on any atom is -0.384 e. The second-order valence-corrected chi connectivity index (χ2v) is 4.12. The van der Waals surface area contributed by atoms with Crippen molar-refractivity contribution in [3.05, 3.63) is 40.6 Å². The lowest BCUT2D eigenvalue weighted by Gasteiger charge is -2.07. The number of hydrogen-bond donors (Lipinski definition) is 1. The number of aromatic nitrogens is 3. The van der Waals surface area contributed by atoms with Crippen molar-refractivity contribution in [3.8, 4) is 0 Å². The number of imidazole rings is 1. The molecule has 0 aliphatic carbocycles. The van der Waals surface area contributed by atoms with Crippen LogP contribution in [0.25, 0.3) is 0 Å². The van der Waals surface area contributed by atoms with E-state index in [1.807, 2.05) is 18.4 Å². The van der Waals surface area contributed by atoms with E-state index in [0.29, 0.717) is 17.4 Å². The molecule has 5 heteroatoms. The minimum atomic E-state index is 0.480. The first-order valence-electron chi connectivity index (χ1n) is 4.97. The zero-order valence-electron chi connectivity index (χ0n) is 9.24. The third kappa shape index (κ3) is 2.02. The predicted molar refractivity (Wildman–Crippen MR) is 64.5 cm³/mol. The molecule has 0 saturated heterocycles. The lowest BCUT2D eigenvalue weighted by atomic mass is 10.3. The monoisotopic (exact) mass is 236 g/mol. The first kappa shape index (κ1) is 11.0. The number of nitrogen functional groups attached to an aromatic ring is 1. The number of nitrogens with zero attached hydrogens (tertiary/aromatic N) is 3. The van der Waals surface area contributed by atoms with Gasteiger partial charge in [-0.1, -0.05) is 11.6 Å². The molecule has 0 bridgehead atoms. The van der Waals surface area contributed by atoms with Crippen molar-refractivity contribution in [3.63, 3.8) is 0 Å². The quantitative estimate of drug-likeness (QED) is 0.870. The van der Waals surface area contributed by atoms with E-state index in [-0.39, 0.29) is 0 Å². The van der Waals surface area contributed by atoms with Crippen LogP contribution < -0.4 is 5.73 Å². The summed E-state index contributed by atoms with van der Waals surface area (Å²) in [5, 5.41) is 0.625. The summed E-state index contributed by atoms with van der Waals surface area (Å²) in [5.41, 5.74) is 8.52. The van der Waals surface area contributed by atoms with E-state index >= 15 is 0 Å². The lowest BCUT2D eigenvalue weighted by Crippen LogP contribution is -2.05. The molecule has 16 heavy (non-hydrogen) atoms. The van der Waals surface area contributed by atoms with Crippen molar-refractivity contribution < 1.29 is 0 Å². The molecule has 0 amide bonds. The van der Waals surface area contributed by atoms with E-state index in [2.05, 4.69) is 9.97 Å². The number of aryl methyl sites for hydroxylation is 1. The van der Waals surface area contributed by atoms with Gasteiger partial charge in [-0.3, -0.25) is 0 Å². The van der Waals surface area contributed by atoms with Gasteiger partial charge in [0, 0.05) is 5.69 Å². The third-order valence-corrected chi connectivity index (χ3v) is 2.95. The highest BCUT2D eigenvalue weighted by atomic mass is 35.5. The molecule has 0 radical (unpaired) electrons. The maximum atomic E-state index is 6.05. The summed E-state index contributed by atoms with van der Waals surface area (Å²) in [5.74, 6) is 0.480. The standard InChI is InChI=1S/C11H13ClN4/c1-7-8(2)16(6-14-7)5-10-9(12)3-4-11(13)15-10/h3-4,6H,5H2,1-2H3,(H2,13,15). The van der Waals surface area contributed by atoms with Crippen LogP contribution in [0.15, 0.2) is 18.5 Å². The van der Waals surface area contributed by atoms with E-state index in [4.69, 9.17) is 17.3 Å². The summed E-state index contributed by atoms with van der Waals surface area (Å²) in [7, 11) is 0. The highest BCUT2D eigenvalue weighted by Crippen LogP contribution is 2.17. The van der Waals surface area contributed by atoms with Gasteiger partial charge in [0.1, 0.15) is 5.82 Å². The van der Waals surface area contributed by atoms with E-state index in [9.17, 15) is 0 Å². The van der Waals surface area contributed by atoms with Gasteiger partial charge in [0.15, 0.2) is 0 Å². The Morgan fingerprint density at radius 3 is 2.75 bits per heavy atom. The summed E-state index contributed by atoms with van der Waals surface area (Å²) < 4.78 is 2.00. The molecule has 0 aromatic carbocycles. The number of halogens is 1. The second-order valence-electron chi connectivity index (χ2n) is 3.71. The van der Waals surface area contributed by atoms with Crippen LogP contribution in [0.4, 0.5) is 5.82 Å². The maximum Gasteiger partial charge on any atom is 0.123 e. The summed E-state index contributed by atoms with van der Waals surface area (Å²) in [6.45, 7) is 4.58. The topological polar surface area (TPSA) is 56.7 Å². The molecule has 0 aliphatic heterocycles. The van der Waals surface area contributed by atoms with Crippen LogP contribution in [-0.4, -0.2) is 14.5 Å². The van der Waals surface area contributed by atoms with Crippen LogP contribution in [0.5, 0.6) is 0 Å². The van der Waals surface area contributed by atoms with E-state index in [0.717, 1.165) is 17.1 Å². The first-order chi connectivity index (χ1) is 7.58. The number of pyridine rings is 1. The molecule has 0 aliphatic rings. The molecular weight excluding hydrogens is 224 g/mol. The van der Waals surface area contributed by atoms with Gasteiger partial charge in [-0.25, -0.2) is 9.97 Å². The van der Waals surface area contributed by atoms with E-state index < -0.39 is 0 Å². The molecule has 2 heterocycles. The van der Waals surface area contributed by atoms with Gasteiger partial charge in [0.25, 0.3) is 0 Å². The van der Waals surface area contributed by atoms with Gasteiger partial charge < -0.3 is 10.3 Å². The third-order valence-electron chi connectivity index (χ3n) is 2.61. The van der Waals surface area contributed by atoms with Crippen molar-refractivity contribution in [1.82, 2.24) is 14.5 Å². The molecule has 0 fully saturated rings. The second kappa shape index (κ2) is 4.14. The average molecular weight is 237 g/mol. The number of anilines is 1. The number of hydrogen-bond acceptors (Lipinski definition) is 3. The maximum absolute atomic E-state index is 6.05. The molecule has 0 atom stereocenters. The first-order valence-corrected chi connectivity index (χ1v) is 5.35. The van der Waals surface area contributed by atoms with Crippen LogP contribution in [0.2, 0.25) is 5.02 Å². The van der Waals surface area contributed by atoms with Gasteiger partial charge in [-0.15, -0.1) is 0 Å². The van der Waals surface area contributed by atoms with Crippen LogP contribution in [0.3, 0.4) is 0 Å². The molecule has 84 valence electrons. The Balaban J connectivity index is 2.33. The normalized spacial score (nSPS) is 10.7. The van der Waals surface area contributed by atoms with Crippen LogP contribution in [0.1, 0.15) is 17.1 Å². The molecular formula is C11H13ClN4. The fourth-order valence-corrected chi connectivity index (χ4v) is 1.64. The Kier molecular flexibility index (Phi) is 2.83. The van der Waals surface area contributed by atoms with E-state index in [1.54, 1.807) is 18.5 Å². The van der Waals surface area contributed by atoms with Gasteiger partial charge in [-0.2, -0.15) is 0 Å².